The molecule has 0 bridgehead atoms. The maximum Gasteiger partial charge on any atom is 0.322 e. The minimum Gasteiger partial charge on any atom is -0.497 e. The summed E-state index contributed by atoms with van der Waals surface area (Å²) in [6.45, 7) is 4.26. The van der Waals surface area contributed by atoms with E-state index >= 15 is 0 Å². The van der Waals surface area contributed by atoms with Crippen LogP contribution in [0.5, 0.6) is 11.5 Å². The van der Waals surface area contributed by atoms with Crippen LogP contribution < -0.4 is 14.2 Å². The summed E-state index contributed by atoms with van der Waals surface area (Å²) in [6, 6.07) is 17.4. The number of aliphatic carboxylic acids is 1. The Bertz CT molecular complexity index is 1700. The van der Waals surface area contributed by atoms with Gasteiger partial charge in [-0.05, 0) is 79.6 Å². The van der Waals surface area contributed by atoms with E-state index in [1.807, 2.05) is 37.3 Å². The number of carboxylic acids is 1. The lowest BCUT2D eigenvalue weighted by Gasteiger charge is -2.16. The normalized spacial score (nSPS) is 12.0. The van der Waals surface area contributed by atoms with Crippen LogP contribution >= 0.6 is 11.6 Å². The van der Waals surface area contributed by atoms with Crippen molar-refractivity contribution >= 4 is 38.5 Å². The molecule has 3 aromatic carbocycles. The molecule has 2 N–H and O–H groups in total. The molecule has 1 heterocycles. The van der Waals surface area contributed by atoms with Crippen LogP contribution in [-0.4, -0.2) is 43.8 Å². The number of ether oxygens (including phenoxy) is 2. The molecule has 4 rings (SSSR count). The lowest BCUT2D eigenvalue weighted by Crippen LogP contribution is -2.42. The molecule has 4 aromatic rings. The van der Waals surface area contributed by atoms with E-state index < -0.39 is 22.0 Å². The van der Waals surface area contributed by atoms with E-state index in [0.29, 0.717) is 22.9 Å². The molecule has 0 unspecified atom stereocenters. The molecule has 0 aliphatic rings. The van der Waals surface area contributed by atoms with Gasteiger partial charge < -0.3 is 19.1 Å². The van der Waals surface area contributed by atoms with Crippen molar-refractivity contribution in [3.8, 4) is 23.3 Å². The zero-order chi connectivity index (χ0) is 28.9. The maximum absolute atomic E-state index is 13.1. The largest absolute Gasteiger partial charge is 0.497 e. The number of fused-ring (bicyclic) bond motifs is 1. The summed E-state index contributed by atoms with van der Waals surface area (Å²) in [6.07, 6.45) is -0.0841. The van der Waals surface area contributed by atoms with Crippen LogP contribution in [0.3, 0.4) is 0 Å². The Kier molecular flexibility index (Phi) is 9.05. The molecular weight excluding hydrogens is 552 g/mol. The summed E-state index contributed by atoms with van der Waals surface area (Å²) in [7, 11) is -2.55. The number of methoxy groups -OCH3 is 1. The smallest absolute Gasteiger partial charge is 0.322 e. The Morgan fingerprint density at radius 3 is 2.52 bits per heavy atom. The number of benzene rings is 3. The molecular formula is C30H29ClN2O6S. The summed E-state index contributed by atoms with van der Waals surface area (Å²) in [5.74, 6) is 5.36. The molecule has 0 saturated carbocycles. The van der Waals surface area contributed by atoms with Gasteiger partial charge in [0.1, 0.15) is 24.1 Å². The van der Waals surface area contributed by atoms with Crippen molar-refractivity contribution in [3.63, 3.8) is 0 Å². The van der Waals surface area contributed by atoms with E-state index in [-0.39, 0.29) is 17.9 Å². The number of nitrogens with one attached hydrogen (secondary N) is 1. The summed E-state index contributed by atoms with van der Waals surface area (Å²) in [4.78, 5) is 12.2. The van der Waals surface area contributed by atoms with E-state index in [2.05, 4.69) is 21.1 Å². The van der Waals surface area contributed by atoms with Crippen molar-refractivity contribution < 1.29 is 27.8 Å². The third-order valence-corrected chi connectivity index (χ3v) is 8.24. The summed E-state index contributed by atoms with van der Waals surface area (Å²) >= 11 is 6.32. The number of aromatic nitrogens is 1. The van der Waals surface area contributed by atoms with Gasteiger partial charge in [0.05, 0.1) is 12.0 Å². The predicted molar refractivity (Wildman–Crippen MR) is 155 cm³/mol. The summed E-state index contributed by atoms with van der Waals surface area (Å²) < 4.78 is 41.5. The van der Waals surface area contributed by atoms with Gasteiger partial charge in [0, 0.05) is 34.6 Å². The minimum atomic E-state index is -4.15. The Labute approximate surface area is 238 Å². The first kappa shape index (κ1) is 29.0. The van der Waals surface area contributed by atoms with Gasteiger partial charge in [-0.2, -0.15) is 4.72 Å². The molecule has 0 aliphatic heterocycles. The average Bonchev–Trinajstić information content (AvgIpc) is 3.18. The zero-order valence-electron chi connectivity index (χ0n) is 22.3. The number of rotatable bonds is 11. The second-order valence-corrected chi connectivity index (χ2v) is 11.2. The lowest BCUT2D eigenvalue weighted by atomic mass is 10.0. The highest BCUT2D eigenvalue weighted by Gasteiger charge is 2.28. The molecule has 8 nitrogen and oxygen atoms in total. The Morgan fingerprint density at radius 2 is 1.85 bits per heavy atom. The fourth-order valence-electron chi connectivity index (χ4n) is 4.48. The Hall–Kier alpha value is -3.97. The predicted octanol–water partition coefficient (Wildman–Crippen LogP) is 5.04. The lowest BCUT2D eigenvalue weighted by molar-refractivity contribution is -0.138. The number of carboxylic acid groups (broad SMARTS) is 1. The number of sulfonamides is 1. The van der Waals surface area contributed by atoms with Gasteiger partial charge in [0.25, 0.3) is 0 Å². The molecule has 10 heteroatoms. The molecule has 0 aliphatic carbocycles. The molecule has 0 spiro atoms. The highest BCUT2D eigenvalue weighted by atomic mass is 35.5. The first-order chi connectivity index (χ1) is 19.1. The quantitative estimate of drug-likeness (QED) is 0.241. The fraction of sp³-hybridized carbons (Fsp3) is 0.233. The van der Waals surface area contributed by atoms with Crippen molar-refractivity contribution in [1.29, 1.82) is 0 Å². The van der Waals surface area contributed by atoms with Crippen molar-refractivity contribution in [2.24, 2.45) is 0 Å². The van der Waals surface area contributed by atoms with E-state index in [0.717, 1.165) is 27.9 Å². The SMILES string of the molecule is CC#CCOc1ccc(S(=O)(=O)N[C@@H](Cc2c(C)n(Cc3cccc(OC)c3)c3ccc(Cl)cc23)C(=O)O)cc1. The van der Waals surface area contributed by atoms with Crippen LogP contribution in [0.2, 0.25) is 5.02 Å². The highest BCUT2D eigenvalue weighted by molar-refractivity contribution is 7.89. The standard InChI is InChI=1S/C30H29ClN2O6S/c1-4-5-15-39-23-10-12-25(13-11-23)40(36,37)32-28(30(34)35)18-26-20(2)33(29-14-9-22(31)17-27(26)29)19-21-7-6-8-24(16-21)38-3/h6-14,16-17,28,32H,15,18-19H2,1-3H3,(H,34,35)/t28-/m0/s1. The fourth-order valence-corrected chi connectivity index (χ4v) is 5.85. The first-order valence-corrected chi connectivity index (χ1v) is 14.3. The second kappa shape index (κ2) is 12.5. The topological polar surface area (TPSA) is 107 Å². The highest BCUT2D eigenvalue weighted by Crippen LogP contribution is 2.31. The summed E-state index contributed by atoms with van der Waals surface area (Å²) in [5, 5.41) is 11.3. The number of halogens is 1. The van der Waals surface area contributed by atoms with E-state index in [1.165, 1.54) is 24.3 Å². The van der Waals surface area contributed by atoms with Crippen LogP contribution in [0.1, 0.15) is 23.7 Å². The molecule has 0 radical (unpaired) electrons. The van der Waals surface area contributed by atoms with E-state index in [4.69, 9.17) is 21.1 Å². The third-order valence-electron chi connectivity index (χ3n) is 6.52. The van der Waals surface area contributed by atoms with Crippen LogP contribution in [0.4, 0.5) is 0 Å². The number of hydrogen-bond acceptors (Lipinski definition) is 5. The maximum atomic E-state index is 13.1. The van der Waals surface area contributed by atoms with Gasteiger partial charge in [-0.3, -0.25) is 4.79 Å². The molecule has 0 fully saturated rings. The van der Waals surface area contributed by atoms with Crippen LogP contribution in [-0.2, 0) is 27.8 Å². The molecule has 1 atom stereocenters. The number of nitrogens with zero attached hydrogens (tertiary/aromatic N) is 1. The monoisotopic (exact) mass is 580 g/mol. The Morgan fingerprint density at radius 1 is 1.10 bits per heavy atom. The molecule has 0 amide bonds. The van der Waals surface area contributed by atoms with Gasteiger partial charge in [0.2, 0.25) is 10.0 Å². The van der Waals surface area contributed by atoms with Gasteiger partial charge in [0.15, 0.2) is 0 Å². The average molecular weight is 581 g/mol. The number of carbonyl (C=O) groups is 1. The summed E-state index contributed by atoms with van der Waals surface area (Å²) in [5.41, 5.74) is 3.35. The van der Waals surface area contributed by atoms with Crippen LogP contribution in [0.15, 0.2) is 71.6 Å². The number of hydrogen-bond donors (Lipinski definition) is 2. The van der Waals surface area contributed by atoms with E-state index in [9.17, 15) is 18.3 Å². The second-order valence-electron chi connectivity index (χ2n) is 9.07. The van der Waals surface area contributed by atoms with Crippen LogP contribution in [0.25, 0.3) is 10.9 Å². The van der Waals surface area contributed by atoms with Gasteiger partial charge in [-0.1, -0.05) is 29.7 Å². The van der Waals surface area contributed by atoms with Gasteiger partial charge in [-0.25, -0.2) is 8.42 Å². The molecule has 208 valence electrons. The minimum absolute atomic E-state index is 0.0760. The van der Waals surface area contributed by atoms with Gasteiger partial charge >= 0.3 is 5.97 Å². The van der Waals surface area contributed by atoms with Gasteiger partial charge in [-0.15, -0.1) is 5.92 Å². The van der Waals surface area contributed by atoms with Crippen molar-refractivity contribution in [1.82, 2.24) is 9.29 Å². The first-order valence-electron chi connectivity index (χ1n) is 12.4. The zero-order valence-corrected chi connectivity index (χ0v) is 23.8. The van der Waals surface area contributed by atoms with Crippen molar-refractivity contribution in [3.05, 3.63) is 88.6 Å². The Balaban J connectivity index is 1.64. The molecule has 0 saturated heterocycles. The molecule has 1 aromatic heterocycles. The van der Waals surface area contributed by atoms with Crippen LogP contribution in [0, 0.1) is 18.8 Å². The van der Waals surface area contributed by atoms with E-state index in [1.54, 1.807) is 26.2 Å². The molecule has 40 heavy (non-hydrogen) atoms. The van der Waals surface area contributed by atoms with Crippen molar-refractivity contribution in [2.45, 2.75) is 37.8 Å². The van der Waals surface area contributed by atoms with Crippen molar-refractivity contribution in [2.75, 3.05) is 13.7 Å². The third kappa shape index (κ3) is 6.59.